The maximum Gasteiger partial charge on any atom is 0.212 e. The van der Waals surface area contributed by atoms with E-state index >= 15 is 0 Å². The lowest BCUT2D eigenvalue weighted by atomic mass is 9.76. The summed E-state index contributed by atoms with van der Waals surface area (Å²) in [5, 5.41) is 8.96. The van der Waals surface area contributed by atoms with Crippen LogP contribution >= 0.6 is 23.4 Å². The first-order chi connectivity index (χ1) is 15.6. The van der Waals surface area contributed by atoms with Crippen LogP contribution in [0.2, 0.25) is 5.02 Å². The van der Waals surface area contributed by atoms with Gasteiger partial charge in [0.25, 0.3) is 0 Å². The Hall–Kier alpha value is -2.84. The van der Waals surface area contributed by atoms with Gasteiger partial charge in [0.05, 0.1) is 9.92 Å². The van der Waals surface area contributed by atoms with E-state index in [0.717, 1.165) is 47.3 Å². The van der Waals surface area contributed by atoms with Crippen LogP contribution in [-0.4, -0.2) is 37.7 Å². The Bertz CT molecular complexity index is 1290. The number of hydrogen-bond donors (Lipinski definition) is 1. The molecule has 1 saturated heterocycles. The van der Waals surface area contributed by atoms with E-state index in [1.807, 2.05) is 16.7 Å². The number of pyridine rings is 1. The van der Waals surface area contributed by atoms with Gasteiger partial charge in [-0.3, -0.25) is 0 Å². The Morgan fingerprint density at radius 3 is 2.50 bits per heavy atom. The van der Waals surface area contributed by atoms with Crippen LogP contribution in [0.1, 0.15) is 24.0 Å². The molecule has 32 heavy (non-hydrogen) atoms. The fourth-order valence-electron chi connectivity index (χ4n) is 5.04. The SMILES string of the molecule is Nc1nccc(Sc2cnc(N3CCC4(CC3)Cc3ccccc3C4)n3cnnc23)c1Cl. The van der Waals surface area contributed by atoms with E-state index in [-0.39, 0.29) is 0 Å². The molecule has 6 rings (SSSR count). The van der Waals surface area contributed by atoms with Crippen LogP contribution in [0.4, 0.5) is 11.8 Å². The average molecular weight is 464 g/mol. The lowest BCUT2D eigenvalue weighted by Gasteiger charge is -2.39. The van der Waals surface area contributed by atoms with Crippen LogP contribution in [0.25, 0.3) is 5.65 Å². The van der Waals surface area contributed by atoms with Crippen molar-refractivity contribution in [2.24, 2.45) is 5.41 Å². The van der Waals surface area contributed by atoms with Gasteiger partial charge >= 0.3 is 0 Å². The van der Waals surface area contributed by atoms with Crippen molar-refractivity contribution in [3.8, 4) is 0 Å². The van der Waals surface area contributed by atoms with Crippen LogP contribution in [0.3, 0.4) is 0 Å². The Balaban J connectivity index is 1.24. The minimum Gasteiger partial charge on any atom is -0.382 e. The predicted molar refractivity (Wildman–Crippen MR) is 126 cm³/mol. The largest absolute Gasteiger partial charge is 0.382 e. The second-order valence-electron chi connectivity index (χ2n) is 8.67. The molecule has 4 aromatic rings. The molecule has 0 radical (unpaired) electrons. The van der Waals surface area contributed by atoms with E-state index in [0.29, 0.717) is 16.3 Å². The van der Waals surface area contributed by atoms with Crippen LogP contribution in [0, 0.1) is 5.41 Å². The van der Waals surface area contributed by atoms with Gasteiger partial charge in [0.15, 0.2) is 5.65 Å². The molecule has 3 aromatic heterocycles. The average Bonchev–Trinajstić information content (AvgIpc) is 3.43. The van der Waals surface area contributed by atoms with Crippen LogP contribution in [0.15, 0.2) is 58.8 Å². The van der Waals surface area contributed by atoms with E-state index in [4.69, 9.17) is 22.3 Å². The lowest BCUT2D eigenvalue weighted by molar-refractivity contribution is 0.231. The molecule has 2 aliphatic rings. The van der Waals surface area contributed by atoms with Gasteiger partial charge in [-0.05, 0) is 48.3 Å². The van der Waals surface area contributed by atoms with Crippen molar-refractivity contribution in [3.05, 3.63) is 65.2 Å². The van der Waals surface area contributed by atoms with Crippen molar-refractivity contribution >= 4 is 40.8 Å². The Morgan fingerprint density at radius 1 is 1.00 bits per heavy atom. The predicted octanol–water partition coefficient (Wildman–Crippen LogP) is 4.29. The number of nitrogens with two attached hydrogens (primary N) is 1. The number of fused-ring (bicyclic) bond motifs is 2. The van der Waals surface area contributed by atoms with Crippen molar-refractivity contribution in [3.63, 3.8) is 0 Å². The summed E-state index contributed by atoms with van der Waals surface area (Å²) in [6.45, 7) is 1.96. The monoisotopic (exact) mass is 463 g/mol. The van der Waals surface area contributed by atoms with Gasteiger partial charge in [0.1, 0.15) is 12.1 Å². The topological polar surface area (TPSA) is 85.2 Å². The molecule has 2 N–H and O–H groups in total. The van der Waals surface area contributed by atoms with Crippen molar-refractivity contribution in [2.45, 2.75) is 35.5 Å². The number of anilines is 2. The number of benzene rings is 1. The standard InChI is InChI=1S/C23H22ClN7S/c24-19-17(5-8-26-20(19)25)32-18-13-27-22(31-14-28-29-21(18)31)30-9-6-23(7-10-30)11-15-3-1-2-4-16(15)12-23/h1-5,8,13-14H,6-7,9-12H2,(H2,25,26). The third kappa shape index (κ3) is 3.29. The zero-order valence-corrected chi connectivity index (χ0v) is 19.0. The molecule has 1 spiro atoms. The van der Waals surface area contributed by atoms with Crippen molar-refractivity contribution in [2.75, 3.05) is 23.7 Å². The third-order valence-electron chi connectivity index (χ3n) is 6.74. The molecule has 0 unspecified atom stereocenters. The van der Waals surface area contributed by atoms with Gasteiger partial charge in [0, 0.05) is 30.4 Å². The number of rotatable bonds is 3. The Kier molecular flexibility index (Phi) is 4.73. The highest BCUT2D eigenvalue weighted by Gasteiger charge is 2.40. The molecule has 162 valence electrons. The highest BCUT2D eigenvalue weighted by atomic mass is 35.5. The minimum absolute atomic E-state index is 0.315. The van der Waals surface area contributed by atoms with Gasteiger partial charge in [-0.1, -0.05) is 47.6 Å². The van der Waals surface area contributed by atoms with Gasteiger partial charge in [-0.25, -0.2) is 14.4 Å². The molecule has 0 saturated carbocycles. The number of nitrogens with zero attached hydrogens (tertiary/aromatic N) is 6. The molecule has 7 nitrogen and oxygen atoms in total. The van der Waals surface area contributed by atoms with E-state index in [9.17, 15) is 0 Å². The Morgan fingerprint density at radius 2 is 1.75 bits per heavy atom. The number of halogens is 1. The van der Waals surface area contributed by atoms with Gasteiger partial charge in [-0.15, -0.1) is 10.2 Å². The third-order valence-corrected chi connectivity index (χ3v) is 8.32. The maximum atomic E-state index is 6.33. The smallest absolute Gasteiger partial charge is 0.212 e. The van der Waals surface area contributed by atoms with Gasteiger partial charge in [0.2, 0.25) is 5.95 Å². The van der Waals surface area contributed by atoms with Crippen molar-refractivity contribution in [1.29, 1.82) is 0 Å². The van der Waals surface area contributed by atoms with E-state index in [2.05, 4.69) is 44.3 Å². The Labute approximate surface area is 195 Å². The number of piperidine rings is 1. The molecule has 4 heterocycles. The summed E-state index contributed by atoms with van der Waals surface area (Å²) in [6.07, 6.45) is 9.95. The van der Waals surface area contributed by atoms with Crippen LogP contribution in [-0.2, 0) is 12.8 Å². The summed E-state index contributed by atoms with van der Waals surface area (Å²) in [5.74, 6) is 1.20. The highest BCUT2D eigenvalue weighted by Crippen LogP contribution is 2.45. The molecule has 1 aromatic carbocycles. The second-order valence-corrected chi connectivity index (χ2v) is 10.1. The van der Waals surface area contributed by atoms with E-state index in [1.54, 1.807) is 12.5 Å². The maximum absolute atomic E-state index is 6.33. The van der Waals surface area contributed by atoms with Gasteiger partial charge < -0.3 is 10.6 Å². The summed E-state index contributed by atoms with van der Waals surface area (Å²) in [6, 6.07) is 10.7. The fraction of sp³-hybridized carbons (Fsp3) is 0.304. The number of hydrogen-bond acceptors (Lipinski definition) is 7. The molecule has 0 amide bonds. The first-order valence-electron chi connectivity index (χ1n) is 10.7. The van der Waals surface area contributed by atoms with Crippen LogP contribution < -0.4 is 10.6 Å². The second kappa shape index (κ2) is 7.64. The molecule has 0 atom stereocenters. The fourth-order valence-corrected chi connectivity index (χ4v) is 6.16. The minimum atomic E-state index is 0.315. The van der Waals surface area contributed by atoms with Crippen molar-refractivity contribution in [1.82, 2.24) is 24.6 Å². The molecule has 0 bridgehead atoms. The number of aromatic nitrogens is 5. The first-order valence-corrected chi connectivity index (χ1v) is 11.9. The highest BCUT2D eigenvalue weighted by molar-refractivity contribution is 7.99. The van der Waals surface area contributed by atoms with Gasteiger partial charge in [-0.2, -0.15) is 0 Å². The lowest BCUT2D eigenvalue weighted by Crippen LogP contribution is -2.41. The van der Waals surface area contributed by atoms with E-state index < -0.39 is 0 Å². The summed E-state index contributed by atoms with van der Waals surface area (Å²) in [7, 11) is 0. The van der Waals surface area contributed by atoms with E-state index in [1.165, 1.54) is 35.7 Å². The normalized spacial score (nSPS) is 17.2. The number of nitrogen functional groups attached to an aromatic ring is 1. The summed E-state index contributed by atoms with van der Waals surface area (Å²) in [5.41, 5.74) is 10.1. The molecule has 9 heteroatoms. The summed E-state index contributed by atoms with van der Waals surface area (Å²) < 4.78 is 1.97. The molecular weight excluding hydrogens is 442 g/mol. The molecule has 1 aliphatic carbocycles. The van der Waals surface area contributed by atoms with Crippen LogP contribution in [0.5, 0.6) is 0 Å². The quantitative estimate of drug-likeness (QED) is 0.485. The molecular formula is C23H22ClN7S. The first kappa shape index (κ1) is 19.8. The zero-order chi connectivity index (χ0) is 21.7. The molecule has 1 fully saturated rings. The van der Waals surface area contributed by atoms with Crippen molar-refractivity contribution < 1.29 is 0 Å². The summed E-state index contributed by atoms with van der Waals surface area (Å²) in [4.78, 5) is 12.9. The zero-order valence-electron chi connectivity index (χ0n) is 17.4. The molecule has 1 aliphatic heterocycles. The summed E-state index contributed by atoms with van der Waals surface area (Å²) >= 11 is 7.80.